The average molecular weight is 270 g/mol. The predicted molar refractivity (Wildman–Crippen MR) is 66.1 cm³/mol. The van der Waals surface area contributed by atoms with Crippen LogP contribution in [0.25, 0.3) is 10.2 Å². The fourth-order valence-corrected chi connectivity index (χ4v) is 3.43. The molecule has 14 heavy (non-hydrogen) atoms. The van der Waals surface area contributed by atoms with Gasteiger partial charge in [-0.1, -0.05) is 19.9 Å². The molecule has 0 aliphatic rings. The van der Waals surface area contributed by atoms with Gasteiger partial charge in [0.25, 0.3) is 0 Å². The first kappa shape index (κ1) is 10.1. The van der Waals surface area contributed by atoms with Gasteiger partial charge in [-0.2, -0.15) is 0 Å². The largest absolute Gasteiger partial charge is 0.241 e. The molecule has 0 unspecified atom stereocenters. The molecule has 1 aromatic carbocycles. The Hall–Kier alpha value is -0.410. The first-order chi connectivity index (χ1) is 6.59. The van der Waals surface area contributed by atoms with Gasteiger partial charge in [0, 0.05) is 4.47 Å². The number of aryl methyl sites for hydroxylation is 1. The number of thiazole rings is 1. The highest BCUT2D eigenvalue weighted by molar-refractivity contribution is 9.10. The summed E-state index contributed by atoms with van der Waals surface area (Å²) >= 11 is 5.42. The highest BCUT2D eigenvalue weighted by Crippen LogP contribution is 2.35. The van der Waals surface area contributed by atoms with Gasteiger partial charge in [0.2, 0.25) is 0 Å². The molecule has 0 aliphatic heterocycles. The molecular formula is C11H12BrNS. The van der Waals surface area contributed by atoms with E-state index < -0.39 is 0 Å². The second-order valence-electron chi connectivity index (χ2n) is 3.70. The third-order valence-corrected chi connectivity index (χ3v) is 4.38. The minimum absolute atomic E-state index is 0.552. The first-order valence-corrected chi connectivity index (χ1v) is 6.26. The van der Waals surface area contributed by atoms with Crippen molar-refractivity contribution in [3.63, 3.8) is 0 Å². The van der Waals surface area contributed by atoms with Crippen LogP contribution in [0.1, 0.15) is 30.3 Å². The van der Waals surface area contributed by atoms with Crippen LogP contribution in [0.2, 0.25) is 0 Å². The number of hydrogen-bond acceptors (Lipinski definition) is 2. The van der Waals surface area contributed by atoms with E-state index in [0.717, 1.165) is 10.5 Å². The lowest BCUT2D eigenvalue weighted by Gasteiger charge is -2.07. The summed E-state index contributed by atoms with van der Waals surface area (Å²) in [6.07, 6.45) is 0. The molecule has 0 atom stereocenters. The summed E-state index contributed by atoms with van der Waals surface area (Å²) in [5.41, 5.74) is 2.46. The lowest BCUT2D eigenvalue weighted by Crippen LogP contribution is -1.88. The number of hydrogen-bond donors (Lipinski definition) is 0. The highest BCUT2D eigenvalue weighted by atomic mass is 79.9. The van der Waals surface area contributed by atoms with Crippen molar-refractivity contribution in [3.8, 4) is 0 Å². The van der Waals surface area contributed by atoms with Crippen molar-refractivity contribution in [2.75, 3.05) is 0 Å². The minimum Gasteiger partial charge on any atom is -0.241 e. The number of rotatable bonds is 1. The molecule has 0 saturated heterocycles. The molecule has 0 amide bonds. The van der Waals surface area contributed by atoms with Crippen molar-refractivity contribution in [1.29, 1.82) is 0 Å². The Morgan fingerprint density at radius 1 is 1.36 bits per heavy atom. The summed E-state index contributed by atoms with van der Waals surface area (Å²) in [6, 6.07) is 4.27. The second-order valence-corrected chi connectivity index (χ2v) is 5.70. The Balaban J connectivity index is 2.74. The second kappa shape index (κ2) is 3.63. The molecule has 3 heteroatoms. The molecule has 0 saturated carbocycles. The van der Waals surface area contributed by atoms with Crippen LogP contribution in [0, 0.1) is 6.92 Å². The lowest BCUT2D eigenvalue weighted by atomic mass is 10.0. The quantitative estimate of drug-likeness (QED) is 0.744. The maximum Gasteiger partial charge on any atom is 0.0908 e. The zero-order chi connectivity index (χ0) is 10.3. The van der Waals surface area contributed by atoms with E-state index >= 15 is 0 Å². The van der Waals surface area contributed by atoms with Crippen molar-refractivity contribution in [2.45, 2.75) is 26.7 Å². The van der Waals surface area contributed by atoms with Crippen LogP contribution in [0.15, 0.2) is 16.6 Å². The molecular weight excluding hydrogens is 258 g/mol. The maximum atomic E-state index is 4.46. The SMILES string of the molecule is Cc1nc2ccc(C(C)C)c(Br)c2s1. The molecule has 1 nitrogen and oxygen atoms in total. The Morgan fingerprint density at radius 2 is 2.07 bits per heavy atom. The smallest absolute Gasteiger partial charge is 0.0908 e. The Kier molecular flexibility index (Phi) is 2.62. The van der Waals surface area contributed by atoms with Gasteiger partial charge in [0.1, 0.15) is 0 Å². The van der Waals surface area contributed by atoms with Gasteiger partial charge in [-0.05, 0) is 40.4 Å². The van der Waals surface area contributed by atoms with Gasteiger partial charge in [0.05, 0.1) is 15.2 Å². The number of benzene rings is 1. The summed E-state index contributed by atoms with van der Waals surface area (Å²) < 4.78 is 2.49. The molecule has 0 fully saturated rings. The molecule has 2 aromatic rings. The predicted octanol–water partition coefficient (Wildman–Crippen LogP) is 4.49. The Labute approximate surface area is 96.3 Å². The zero-order valence-electron chi connectivity index (χ0n) is 8.47. The summed E-state index contributed by atoms with van der Waals surface area (Å²) in [7, 11) is 0. The first-order valence-electron chi connectivity index (χ1n) is 4.65. The number of aromatic nitrogens is 1. The topological polar surface area (TPSA) is 12.9 Å². The molecule has 1 aromatic heterocycles. The molecule has 0 bridgehead atoms. The summed E-state index contributed by atoms with van der Waals surface area (Å²) in [6.45, 7) is 6.46. The molecule has 0 spiro atoms. The molecule has 74 valence electrons. The highest BCUT2D eigenvalue weighted by Gasteiger charge is 2.10. The number of halogens is 1. The van der Waals surface area contributed by atoms with E-state index in [0.29, 0.717) is 5.92 Å². The van der Waals surface area contributed by atoms with Crippen molar-refractivity contribution < 1.29 is 0 Å². The molecule has 1 heterocycles. The van der Waals surface area contributed by atoms with Crippen molar-refractivity contribution in [3.05, 3.63) is 27.2 Å². The van der Waals surface area contributed by atoms with Gasteiger partial charge in [0.15, 0.2) is 0 Å². The van der Waals surface area contributed by atoms with E-state index in [1.165, 1.54) is 14.7 Å². The van der Waals surface area contributed by atoms with Crippen molar-refractivity contribution in [1.82, 2.24) is 4.98 Å². The molecule has 2 rings (SSSR count). The molecule has 0 aliphatic carbocycles. The van der Waals surface area contributed by atoms with Crippen LogP contribution in [-0.2, 0) is 0 Å². The van der Waals surface area contributed by atoms with E-state index in [9.17, 15) is 0 Å². The zero-order valence-corrected chi connectivity index (χ0v) is 10.9. The van der Waals surface area contributed by atoms with Crippen LogP contribution in [0.4, 0.5) is 0 Å². The van der Waals surface area contributed by atoms with E-state index in [1.807, 2.05) is 6.92 Å². The molecule has 0 radical (unpaired) electrons. The fourth-order valence-electron chi connectivity index (χ4n) is 1.53. The van der Waals surface area contributed by atoms with Crippen molar-refractivity contribution >= 4 is 37.5 Å². The van der Waals surface area contributed by atoms with E-state index in [4.69, 9.17) is 0 Å². The molecule has 0 N–H and O–H groups in total. The van der Waals surface area contributed by atoms with Gasteiger partial charge < -0.3 is 0 Å². The van der Waals surface area contributed by atoms with E-state index in [-0.39, 0.29) is 0 Å². The van der Waals surface area contributed by atoms with E-state index in [1.54, 1.807) is 11.3 Å². The number of nitrogens with zero attached hydrogens (tertiary/aromatic N) is 1. The van der Waals surface area contributed by atoms with Gasteiger partial charge in [-0.15, -0.1) is 11.3 Å². The minimum atomic E-state index is 0.552. The van der Waals surface area contributed by atoms with E-state index in [2.05, 4.69) is 46.9 Å². The Morgan fingerprint density at radius 3 is 2.71 bits per heavy atom. The Bertz CT molecular complexity index is 473. The third-order valence-electron chi connectivity index (χ3n) is 2.26. The lowest BCUT2D eigenvalue weighted by molar-refractivity contribution is 0.863. The van der Waals surface area contributed by atoms with Crippen LogP contribution in [-0.4, -0.2) is 4.98 Å². The maximum absolute atomic E-state index is 4.46. The normalized spacial score (nSPS) is 11.5. The monoisotopic (exact) mass is 269 g/mol. The summed E-state index contributed by atoms with van der Waals surface area (Å²) in [5, 5.41) is 1.13. The average Bonchev–Trinajstić information content (AvgIpc) is 2.46. The van der Waals surface area contributed by atoms with Crippen LogP contribution in [0.5, 0.6) is 0 Å². The summed E-state index contributed by atoms with van der Waals surface area (Å²) in [5.74, 6) is 0.552. The van der Waals surface area contributed by atoms with Crippen LogP contribution < -0.4 is 0 Å². The third kappa shape index (κ3) is 1.59. The van der Waals surface area contributed by atoms with Gasteiger partial charge in [-0.25, -0.2) is 4.98 Å². The van der Waals surface area contributed by atoms with Gasteiger partial charge in [-0.3, -0.25) is 0 Å². The fraction of sp³-hybridized carbons (Fsp3) is 0.364. The van der Waals surface area contributed by atoms with Crippen molar-refractivity contribution in [2.24, 2.45) is 0 Å². The number of fused-ring (bicyclic) bond motifs is 1. The standard InChI is InChI=1S/C11H12BrNS/c1-6(2)8-4-5-9-11(10(8)12)14-7(3)13-9/h4-6H,1-3H3. The van der Waals surface area contributed by atoms with Gasteiger partial charge >= 0.3 is 0 Å². The summed E-state index contributed by atoms with van der Waals surface area (Å²) in [4.78, 5) is 4.46. The van der Waals surface area contributed by atoms with Crippen LogP contribution >= 0.6 is 27.3 Å². The van der Waals surface area contributed by atoms with Crippen LogP contribution in [0.3, 0.4) is 0 Å².